The molecular weight excluding hydrogens is 739 g/mol. The normalized spacial score (nSPS) is 15.7. The van der Waals surface area contributed by atoms with Crippen molar-refractivity contribution in [3.63, 3.8) is 0 Å². The van der Waals surface area contributed by atoms with E-state index in [1.807, 2.05) is 52.0 Å². The molecule has 2 N–H and O–H groups in total. The Labute approximate surface area is 347 Å². The van der Waals surface area contributed by atoms with Gasteiger partial charge in [0.2, 0.25) is 5.52 Å². The number of rotatable bonds is 2. The van der Waals surface area contributed by atoms with Gasteiger partial charge in [-0.15, -0.1) is 0 Å². The summed E-state index contributed by atoms with van der Waals surface area (Å²) in [5.41, 5.74) is 12.2. The third kappa shape index (κ3) is 9.64. The van der Waals surface area contributed by atoms with Crippen LogP contribution < -0.4 is 19.2 Å². The van der Waals surface area contributed by atoms with Crippen molar-refractivity contribution >= 4 is 56.9 Å². The minimum absolute atomic E-state index is 0. The summed E-state index contributed by atoms with van der Waals surface area (Å²) in [7, 11) is 0. The summed E-state index contributed by atoms with van der Waals surface area (Å²) in [4.78, 5) is 23.5. The van der Waals surface area contributed by atoms with Crippen LogP contribution in [-0.4, -0.2) is 38.2 Å². The molecule has 0 spiro atoms. The van der Waals surface area contributed by atoms with Gasteiger partial charge in [0, 0.05) is 59.1 Å². The van der Waals surface area contributed by atoms with Gasteiger partial charge in [0.05, 0.1) is 22.1 Å². The highest BCUT2D eigenvalue weighted by Gasteiger charge is 2.25. The van der Waals surface area contributed by atoms with Gasteiger partial charge in [-0.3, -0.25) is 9.78 Å². The lowest BCUT2D eigenvalue weighted by Gasteiger charge is -2.28. The molecule has 6 heterocycles. The topological polar surface area (TPSA) is 124 Å². The van der Waals surface area contributed by atoms with E-state index in [9.17, 15) is 4.79 Å². The molecule has 0 saturated carbocycles. The number of carbonyl (C=O) groups is 1. The molecule has 9 heteroatoms. The van der Waals surface area contributed by atoms with Gasteiger partial charge in [0.1, 0.15) is 40.7 Å². The predicted molar refractivity (Wildman–Crippen MR) is 236 cm³/mol. The Kier molecular flexibility index (Phi) is 11.5. The number of hydrogen-bond acceptors (Lipinski definition) is 8. The first kappa shape index (κ1) is 42.5. The number of aryl methyl sites for hydroxylation is 5. The molecule has 0 amide bonds. The molecule has 0 aliphatic carbocycles. The monoisotopic (exact) mass is 793 g/mol. The molecule has 3 aliphatic heterocycles. The van der Waals surface area contributed by atoms with Crippen LogP contribution in [0.1, 0.15) is 98.9 Å². The fraction of sp³-hybridized carbons (Fsp3) is 0.320. The number of pyridine rings is 3. The molecule has 0 bridgehead atoms. The minimum atomic E-state index is -0.302. The minimum Gasteiger partial charge on any atom is -0.870 e. The summed E-state index contributed by atoms with van der Waals surface area (Å²) < 4.78 is 23.0. The van der Waals surface area contributed by atoms with Gasteiger partial charge < -0.3 is 24.4 Å². The molecule has 0 unspecified atom stereocenters. The highest BCUT2D eigenvalue weighted by molar-refractivity contribution is 5.89. The third-order valence-corrected chi connectivity index (χ3v) is 10.4. The van der Waals surface area contributed by atoms with E-state index in [1.165, 1.54) is 40.0 Å². The van der Waals surface area contributed by atoms with E-state index in [0.717, 1.165) is 67.3 Å². The molecule has 59 heavy (non-hydrogen) atoms. The lowest BCUT2D eigenvalue weighted by atomic mass is 9.99. The van der Waals surface area contributed by atoms with Crippen LogP contribution in [0.2, 0.25) is 0 Å². The SMILES string of the molecule is CC(=O)OCc1cc(C)c2cc3c(cc2n1)C=CC(C)(C)O3.Cc1cc(C)c2cc3c(cc2[nH+]1)C=CC(C)(C)O3.Cc1cc(C)c2cc3c(cc2n1)C=CC(C)(C)O3.[OH-]. The summed E-state index contributed by atoms with van der Waals surface area (Å²) in [5.74, 6) is 2.49. The number of aromatic amines is 1. The average Bonchev–Trinajstić information content (AvgIpc) is 3.12. The van der Waals surface area contributed by atoms with Crippen LogP contribution >= 0.6 is 0 Å². The second-order valence-corrected chi connectivity index (χ2v) is 17.3. The number of esters is 1. The number of aromatic nitrogens is 3. The Morgan fingerprint density at radius 1 is 0.593 bits per heavy atom. The third-order valence-electron chi connectivity index (χ3n) is 10.4. The van der Waals surface area contributed by atoms with Crippen molar-refractivity contribution in [3.05, 3.63) is 123 Å². The summed E-state index contributed by atoms with van der Waals surface area (Å²) in [6, 6.07) is 18.8. The predicted octanol–water partition coefficient (Wildman–Crippen LogP) is 11.1. The highest BCUT2D eigenvalue weighted by atomic mass is 16.5. The van der Waals surface area contributed by atoms with Crippen LogP contribution in [-0.2, 0) is 16.1 Å². The molecule has 3 aromatic heterocycles. The highest BCUT2D eigenvalue weighted by Crippen LogP contribution is 2.37. The summed E-state index contributed by atoms with van der Waals surface area (Å²) >= 11 is 0. The molecular formula is C50H55N3O6. The van der Waals surface area contributed by atoms with E-state index >= 15 is 0 Å². The van der Waals surface area contributed by atoms with Crippen LogP contribution in [0, 0.1) is 34.6 Å². The smallest absolute Gasteiger partial charge is 0.303 e. The largest absolute Gasteiger partial charge is 0.870 e. The van der Waals surface area contributed by atoms with Crippen molar-refractivity contribution in [3.8, 4) is 17.2 Å². The van der Waals surface area contributed by atoms with Gasteiger partial charge in [-0.05, 0) is 147 Å². The van der Waals surface area contributed by atoms with E-state index in [4.69, 9.17) is 18.9 Å². The molecule has 0 radical (unpaired) electrons. The van der Waals surface area contributed by atoms with Gasteiger partial charge in [-0.1, -0.05) is 18.2 Å². The van der Waals surface area contributed by atoms with Gasteiger partial charge in [-0.2, -0.15) is 0 Å². The Balaban J connectivity index is 0.000000149. The Morgan fingerprint density at radius 3 is 1.54 bits per heavy atom. The van der Waals surface area contributed by atoms with Crippen molar-refractivity contribution in [2.24, 2.45) is 0 Å². The first-order chi connectivity index (χ1) is 27.2. The summed E-state index contributed by atoms with van der Waals surface area (Å²) in [5, 5.41) is 3.45. The molecule has 9 nitrogen and oxygen atoms in total. The number of hydrogen-bond donors (Lipinski definition) is 0. The zero-order valence-electron chi connectivity index (χ0n) is 36.3. The maximum atomic E-state index is 10.9. The number of benzene rings is 3. The Morgan fingerprint density at radius 2 is 1.03 bits per heavy atom. The number of nitrogens with zero attached hydrogens (tertiary/aromatic N) is 2. The lowest BCUT2D eigenvalue weighted by Crippen LogP contribution is -2.27. The van der Waals surface area contributed by atoms with E-state index in [1.54, 1.807) is 0 Å². The number of nitrogens with one attached hydrogen (secondary N) is 1. The maximum absolute atomic E-state index is 10.9. The van der Waals surface area contributed by atoms with Gasteiger partial charge in [0.15, 0.2) is 5.69 Å². The molecule has 0 fully saturated rings. The van der Waals surface area contributed by atoms with E-state index in [2.05, 4.69) is 130 Å². The Bertz CT molecular complexity index is 2600. The van der Waals surface area contributed by atoms with Crippen molar-refractivity contribution in [2.45, 2.75) is 106 Å². The van der Waals surface area contributed by atoms with Crippen molar-refractivity contribution in [1.82, 2.24) is 9.97 Å². The van der Waals surface area contributed by atoms with Gasteiger partial charge >= 0.3 is 5.97 Å². The van der Waals surface area contributed by atoms with Crippen LogP contribution in [0.3, 0.4) is 0 Å². The fourth-order valence-corrected chi connectivity index (χ4v) is 7.52. The van der Waals surface area contributed by atoms with E-state index in [-0.39, 0.29) is 34.9 Å². The molecule has 3 aliphatic rings. The van der Waals surface area contributed by atoms with Crippen LogP contribution in [0.25, 0.3) is 50.9 Å². The zero-order chi connectivity index (χ0) is 41.7. The number of H-pyrrole nitrogens is 1. The second-order valence-electron chi connectivity index (χ2n) is 17.3. The van der Waals surface area contributed by atoms with E-state index < -0.39 is 0 Å². The first-order valence-electron chi connectivity index (χ1n) is 19.8. The summed E-state index contributed by atoms with van der Waals surface area (Å²) in [6.07, 6.45) is 12.6. The number of carbonyl (C=O) groups excluding carboxylic acids is 1. The van der Waals surface area contributed by atoms with Crippen LogP contribution in [0.15, 0.2) is 72.8 Å². The standard InChI is InChI=1S/C18H19NO3.2C16H17NO.H2O/c1-11-7-14(10-21-12(2)20)19-16-8-13-5-6-18(3,4)22-17(13)9-15(11)16;2*1-10-7-11(2)17-14-8-12-5-6-16(3,4)18-15(12)9-13(10)14;/h5-9H,10H2,1-4H3;2*5-9H,1-4H3;1H2. The van der Waals surface area contributed by atoms with Crippen molar-refractivity contribution in [1.29, 1.82) is 0 Å². The maximum Gasteiger partial charge on any atom is 0.303 e. The number of ether oxygens (including phenoxy) is 4. The van der Waals surface area contributed by atoms with Crippen molar-refractivity contribution in [2.75, 3.05) is 0 Å². The van der Waals surface area contributed by atoms with E-state index in [0.29, 0.717) is 0 Å². The molecule has 0 atom stereocenters. The quantitative estimate of drug-likeness (QED) is 0.159. The van der Waals surface area contributed by atoms with Gasteiger partial charge in [-0.25, -0.2) is 9.97 Å². The van der Waals surface area contributed by atoms with Crippen LogP contribution in [0.5, 0.6) is 17.2 Å². The first-order valence-corrected chi connectivity index (χ1v) is 19.8. The second kappa shape index (κ2) is 15.9. The molecule has 9 rings (SSSR count). The molecule has 3 aromatic carbocycles. The van der Waals surface area contributed by atoms with Crippen LogP contribution in [0.4, 0.5) is 0 Å². The zero-order valence-corrected chi connectivity index (χ0v) is 36.3. The Hall–Kier alpha value is -6.06. The fourth-order valence-electron chi connectivity index (χ4n) is 7.52. The lowest BCUT2D eigenvalue weighted by molar-refractivity contribution is -0.354. The summed E-state index contributed by atoms with van der Waals surface area (Å²) in [6.45, 7) is 24.3. The average molecular weight is 794 g/mol. The van der Waals surface area contributed by atoms with Crippen molar-refractivity contribution < 1.29 is 34.2 Å². The molecule has 6 aromatic rings. The number of fused-ring (bicyclic) bond motifs is 6. The molecule has 306 valence electrons. The van der Waals surface area contributed by atoms with Gasteiger partial charge in [0.25, 0.3) is 0 Å². The molecule has 0 saturated heterocycles.